The van der Waals surface area contributed by atoms with Crippen molar-refractivity contribution in [3.05, 3.63) is 29.8 Å². The molecule has 1 aliphatic carbocycles. The van der Waals surface area contributed by atoms with Crippen LogP contribution in [0.1, 0.15) is 57.6 Å². The van der Waals surface area contributed by atoms with Gasteiger partial charge in [0.2, 0.25) is 5.91 Å². The number of hydrogen-bond acceptors (Lipinski definition) is 3. The SMILES string of the molecule is CCOc1cccc(C(C)NC(=O)C2(N)CCCCC2)c1.Cl. The van der Waals surface area contributed by atoms with E-state index in [1.54, 1.807) is 0 Å². The van der Waals surface area contributed by atoms with Crippen molar-refractivity contribution < 1.29 is 9.53 Å². The van der Waals surface area contributed by atoms with E-state index in [0.29, 0.717) is 6.61 Å². The Morgan fingerprint density at radius 3 is 2.68 bits per heavy atom. The summed E-state index contributed by atoms with van der Waals surface area (Å²) < 4.78 is 5.50. The molecule has 5 heteroatoms. The van der Waals surface area contributed by atoms with Crippen LogP contribution in [0, 0.1) is 0 Å². The van der Waals surface area contributed by atoms with Crippen LogP contribution in [0.4, 0.5) is 0 Å². The summed E-state index contributed by atoms with van der Waals surface area (Å²) in [6.45, 7) is 4.57. The average Bonchev–Trinajstić information content (AvgIpc) is 2.48. The Bertz CT molecular complexity index is 487. The summed E-state index contributed by atoms with van der Waals surface area (Å²) in [4.78, 5) is 12.4. The number of ether oxygens (including phenoxy) is 1. The Labute approximate surface area is 139 Å². The van der Waals surface area contributed by atoms with Crippen molar-refractivity contribution in [1.82, 2.24) is 5.32 Å². The van der Waals surface area contributed by atoms with Crippen LogP contribution in [-0.4, -0.2) is 18.1 Å². The average molecular weight is 327 g/mol. The second kappa shape index (κ2) is 8.39. The molecule has 0 aliphatic heterocycles. The van der Waals surface area contributed by atoms with E-state index in [-0.39, 0.29) is 24.4 Å². The van der Waals surface area contributed by atoms with Gasteiger partial charge in [-0.15, -0.1) is 12.4 Å². The van der Waals surface area contributed by atoms with Crippen molar-refractivity contribution >= 4 is 18.3 Å². The van der Waals surface area contributed by atoms with Gasteiger partial charge in [-0.05, 0) is 44.4 Å². The van der Waals surface area contributed by atoms with E-state index in [0.717, 1.165) is 37.0 Å². The number of amides is 1. The summed E-state index contributed by atoms with van der Waals surface area (Å²) in [6.07, 6.45) is 4.82. The Hall–Kier alpha value is -1.26. The Morgan fingerprint density at radius 1 is 1.36 bits per heavy atom. The third kappa shape index (κ3) is 4.62. The van der Waals surface area contributed by atoms with Crippen LogP contribution in [0.2, 0.25) is 0 Å². The van der Waals surface area contributed by atoms with E-state index in [2.05, 4.69) is 5.32 Å². The smallest absolute Gasteiger partial charge is 0.240 e. The highest BCUT2D eigenvalue weighted by Gasteiger charge is 2.35. The summed E-state index contributed by atoms with van der Waals surface area (Å²) in [5.41, 5.74) is 6.62. The molecular weight excluding hydrogens is 300 g/mol. The molecule has 1 aliphatic rings. The van der Waals surface area contributed by atoms with Crippen LogP contribution in [-0.2, 0) is 4.79 Å². The molecule has 1 fully saturated rings. The Balaban J connectivity index is 0.00000242. The van der Waals surface area contributed by atoms with E-state index < -0.39 is 5.54 Å². The number of carbonyl (C=O) groups is 1. The first-order chi connectivity index (χ1) is 10.0. The second-order valence-electron chi connectivity index (χ2n) is 5.92. The third-order valence-corrected chi connectivity index (χ3v) is 4.21. The van der Waals surface area contributed by atoms with Crippen LogP contribution < -0.4 is 15.8 Å². The van der Waals surface area contributed by atoms with E-state index in [9.17, 15) is 4.79 Å². The second-order valence-corrected chi connectivity index (χ2v) is 5.92. The predicted octanol–water partition coefficient (Wildman–Crippen LogP) is 3.35. The maximum atomic E-state index is 12.4. The molecule has 0 bridgehead atoms. The number of nitrogens with one attached hydrogen (secondary N) is 1. The normalized spacial score (nSPS) is 18.0. The van der Waals surface area contributed by atoms with Crippen LogP contribution in [0.3, 0.4) is 0 Å². The molecule has 1 aromatic carbocycles. The molecule has 124 valence electrons. The number of carbonyl (C=O) groups excluding carboxylic acids is 1. The van der Waals surface area contributed by atoms with Gasteiger partial charge < -0.3 is 15.8 Å². The van der Waals surface area contributed by atoms with Gasteiger partial charge in [-0.1, -0.05) is 31.4 Å². The van der Waals surface area contributed by atoms with E-state index in [1.807, 2.05) is 38.1 Å². The fourth-order valence-electron chi connectivity index (χ4n) is 2.87. The van der Waals surface area contributed by atoms with Gasteiger partial charge in [-0.3, -0.25) is 4.79 Å². The van der Waals surface area contributed by atoms with Gasteiger partial charge in [0.1, 0.15) is 5.75 Å². The van der Waals surface area contributed by atoms with Gasteiger partial charge >= 0.3 is 0 Å². The Morgan fingerprint density at radius 2 is 2.05 bits per heavy atom. The van der Waals surface area contributed by atoms with Crippen LogP contribution in [0.25, 0.3) is 0 Å². The van der Waals surface area contributed by atoms with Gasteiger partial charge in [0.05, 0.1) is 18.2 Å². The van der Waals surface area contributed by atoms with Crippen molar-refractivity contribution in [2.24, 2.45) is 5.73 Å². The molecule has 0 saturated heterocycles. The molecule has 1 saturated carbocycles. The van der Waals surface area contributed by atoms with E-state index in [1.165, 1.54) is 6.42 Å². The lowest BCUT2D eigenvalue weighted by Gasteiger charge is -2.33. The summed E-state index contributed by atoms with van der Waals surface area (Å²) in [7, 11) is 0. The zero-order chi connectivity index (χ0) is 15.3. The fourth-order valence-corrected chi connectivity index (χ4v) is 2.87. The molecule has 4 nitrogen and oxygen atoms in total. The number of hydrogen-bond donors (Lipinski definition) is 2. The highest BCUT2D eigenvalue weighted by atomic mass is 35.5. The molecule has 0 radical (unpaired) electrons. The molecule has 2 rings (SSSR count). The minimum Gasteiger partial charge on any atom is -0.494 e. The van der Waals surface area contributed by atoms with Crippen molar-refractivity contribution in [3.8, 4) is 5.75 Å². The molecule has 3 N–H and O–H groups in total. The quantitative estimate of drug-likeness (QED) is 0.872. The summed E-state index contributed by atoms with van der Waals surface area (Å²) >= 11 is 0. The van der Waals surface area contributed by atoms with E-state index >= 15 is 0 Å². The number of halogens is 1. The third-order valence-electron chi connectivity index (χ3n) is 4.21. The van der Waals surface area contributed by atoms with Gasteiger partial charge in [-0.25, -0.2) is 0 Å². The standard InChI is InChI=1S/C17H26N2O2.ClH/c1-3-21-15-9-7-8-14(12-15)13(2)19-16(20)17(18)10-5-4-6-11-17;/h7-9,12-13H,3-6,10-11,18H2,1-2H3,(H,19,20);1H. The first-order valence-corrected chi connectivity index (χ1v) is 7.88. The van der Waals surface area contributed by atoms with E-state index in [4.69, 9.17) is 10.5 Å². The lowest BCUT2D eigenvalue weighted by molar-refractivity contribution is -0.128. The molecule has 0 spiro atoms. The van der Waals surface area contributed by atoms with Crippen molar-refractivity contribution in [3.63, 3.8) is 0 Å². The lowest BCUT2D eigenvalue weighted by atomic mass is 9.81. The summed E-state index contributed by atoms with van der Waals surface area (Å²) in [6, 6.07) is 7.77. The maximum absolute atomic E-state index is 12.4. The molecule has 0 heterocycles. The van der Waals surface area contributed by atoms with Crippen LogP contribution in [0.5, 0.6) is 5.75 Å². The van der Waals surface area contributed by atoms with Crippen molar-refractivity contribution in [1.29, 1.82) is 0 Å². The van der Waals surface area contributed by atoms with Gasteiger partial charge in [0, 0.05) is 0 Å². The first-order valence-electron chi connectivity index (χ1n) is 7.88. The topological polar surface area (TPSA) is 64.3 Å². The van der Waals surface area contributed by atoms with Gasteiger partial charge in [0.15, 0.2) is 0 Å². The largest absolute Gasteiger partial charge is 0.494 e. The number of rotatable bonds is 5. The van der Waals surface area contributed by atoms with Crippen LogP contribution >= 0.6 is 12.4 Å². The molecule has 1 aromatic rings. The molecule has 1 atom stereocenters. The molecule has 22 heavy (non-hydrogen) atoms. The van der Waals surface area contributed by atoms with Gasteiger partial charge in [0.25, 0.3) is 0 Å². The number of benzene rings is 1. The highest BCUT2D eigenvalue weighted by molar-refractivity contribution is 5.86. The molecule has 1 unspecified atom stereocenters. The monoisotopic (exact) mass is 326 g/mol. The lowest BCUT2D eigenvalue weighted by Crippen LogP contribution is -2.55. The van der Waals surface area contributed by atoms with Crippen LogP contribution in [0.15, 0.2) is 24.3 Å². The first kappa shape index (κ1) is 18.8. The Kier molecular flexibility index (Phi) is 7.17. The fraction of sp³-hybridized carbons (Fsp3) is 0.588. The zero-order valence-electron chi connectivity index (χ0n) is 13.4. The van der Waals surface area contributed by atoms with Gasteiger partial charge in [-0.2, -0.15) is 0 Å². The predicted molar refractivity (Wildman–Crippen MR) is 91.4 cm³/mol. The molecule has 1 amide bonds. The number of nitrogens with two attached hydrogens (primary N) is 1. The summed E-state index contributed by atoms with van der Waals surface area (Å²) in [5, 5.41) is 3.06. The minimum absolute atomic E-state index is 0. The van der Waals surface area contributed by atoms with Crippen molar-refractivity contribution in [2.45, 2.75) is 57.5 Å². The minimum atomic E-state index is -0.690. The zero-order valence-corrected chi connectivity index (χ0v) is 14.2. The molecule has 0 aromatic heterocycles. The maximum Gasteiger partial charge on any atom is 0.240 e. The van der Waals surface area contributed by atoms with Crippen molar-refractivity contribution in [2.75, 3.05) is 6.61 Å². The summed E-state index contributed by atoms with van der Waals surface area (Å²) in [5.74, 6) is 0.799. The highest BCUT2D eigenvalue weighted by Crippen LogP contribution is 2.27. The molecular formula is C17H27ClN2O2.